The van der Waals surface area contributed by atoms with Gasteiger partial charge in [0.25, 0.3) is 5.91 Å². The number of aromatic nitrogens is 2. The van der Waals surface area contributed by atoms with Crippen molar-refractivity contribution in [1.82, 2.24) is 15.1 Å². The first-order chi connectivity index (χ1) is 15.3. The first kappa shape index (κ1) is 22.6. The summed E-state index contributed by atoms with van der Waals surface area (Å²) in [5.74, 6) is -3.01. The first-order valence-electron chi connectivity index (χ1n) is 11.9. The molecule has 3 N–H and O–H groups in total. The van der Waals surface area contributed by atoms with E-state index in [1.54, 1.807) is 10.9 Å². The van der Waals surface area contributed by atoms with Crippen LogP contribution in [0.3, 0.4) is 0 Å². The van der Waals surface area contributed by atoms with E-state index in [0.717, 1.165) is 49.7 Å². The number of carboxylic acid groups (broad SMARTS) is 1. The summed E-state index contributed by atoms with van der Waals surface area (Å²) in [6.07, 6.45) is 8.62. The second kappa shape index (κ2) is 9.08. The van der Waals surface area contributed by atoms with E-state index < -0.39 is 17.8 Å². The zero-order valence-electron chi connectivity index (χ0n) is 19.2. The van der Waals surface area contributed by atoms with Gasteiger partial charge in [-0.25, -0.2) is 0 Å². The lowest BCUT2D eigenvalue weighted by Gasteiger charge is -2.26. The van der Waals surface area contributed by atoms with Crippen molar-refractivity contribution in [1.29, 1.82) is 0 Å². The van der Waals surface area contributed by atoms with E-state index in [-0.39, 0.29) is 35.4 Å². The zero-order valence-corrected chi connectivity index (χ0v) is 19.2. The standard InChI is InChI=1S/C24H34N4O4/c1-4-28-12-17(21(27-28)23(30)25-14-8-6-5-7-9-14)26-22(29)19-15-10-11-16(18(15)13(2)3)20(19)24(31)32/h12,14-16,19-20H,4-11H2,1-3H3,(H,25,30)(H,26,29)(H,31,32)/t15-,16+,19+,20+/m1/s1. The highest BCUT2D eigenvalue weighted by Gasteiger charge is 2.57. The molecule has 0 unspecified atom stereocenters. The van der Waals surface area contributed by atoms with E-state index in [9.17, 15) is 19.5 Å². The number of carbonyl (C=O) groups is 3. The SMILES string of the molecule is CCn1cc(NC(=O)[C@@H]2[C@@H](C(=O)O)[C@H]3CC[C@@H]2C3=C(C)C)c(C(=O)NC2CCCCC2)n1. The second-order valence-corrected chi connectivity index (χ2v) is 9.68. The predicted octanol–water partition coefficient (Wildman–Crippen LogP) is 3.60. The van der Waals surface area contributed by atoms with Gasteiger partial charge in [0, 0.05) is 18.8 Å². The monoisotopic (exact) mass is 442 g/mol. The Hall–Kier alpha value is -2.64. The van der Waals surface area contributed by atoms with E-state index >= 15 is 0 Å². The fourth-order valence-electron chi connectivity index (χ4n) is 6.16. The molecule has 8 heteroatoms. The molecule has 1 aromatic heterocycles. The van der Waals surface area contributed by atoms with Gasteiger partial charge in [0.15, 0.2) is 5.69 Å². The lowest BCUT2D eigenvalue weighted by Crippen LogP contribution is -2.39. The van der Waals surface area contributed by atoms with E-state index in [0.29, 0.717) is 12.2 Å². The third kappa shape index (κ3) is 4.07. The minimum absolute atomic E-state index is 0.0492. The van der Waals surface area contributed by atoms with Gasteiger partial charge in [-0.3, -0.25) is 19.1 Å². The van der Waals surface area contributed by atoms with Crippen LogP contribution in [0.2, 0.25) is 0 Å². The molecule has 32 heavy (non-hydrogen) atoms. The van der Waals surface area contributed by atoms with Crippen LogP contribution in [0.25, 0.3) is 0 Å². The fourth-order valence-corrected chi connectivity index (χ4v) is 6.16. The van der Waals surface area contributed by atoms with Gasteiger partial charge in [-0.2, -0.15) is 5.10 Å². The van der Waals surface area contributed by atoms with Crippen molar-refractivity contribution in [2.45, 2.75) is 78.3 Å². The van der Waals surface area contributed by atoms with Gasteiger partial charge < -0.3 is 15.7 Å². The Kier molecular flexibility index (Phi) is 6.40. The number of nitrogens with zero attached hydrogens (tertiary/aromatic N) is 2. The molecule has 2 bridgehead atoms. The van der Waals surface area contributed by atoms with Crippen LogP contribution in [0.15, 0.2) is 17.3 Å². The molecule has 0 aliphatic heterocycles. The first-order valence-corrected chi connectivity index (χ1v) is 11.9. The molecule has 0 saturated heterocycles. The lowest BCUT2D eigenvalue weighted by molar-refractivity contribution is -0.148. The van der Waals surface area contributed by atoms with Crippen molar-refractivity contribution in [3.8, 4) is 0 Å². The smallest absolute Gasteiger partial charge is 0.307 e. The molecule has 3 aliphatic rings. The molecule has 3 saturated carbocycles. The molecule has 0 aromatic carbocycles. The summed E-state index contributed by atoms with van der Waals surface area (Å²) in [5, 5.41) is 20.2. The summed E-state index contributed by atoms with van der Waals surface area (Å²) in [6, 6.07) is 0.133. The maximum Gasteiger partial charge on any atom is 0.307 e. The number of aryl methyl sites for hydroxylation is 1. The van der Waals surface area contributed by atoms with Crippen molar-refractivity contribution in [3.63, 3.8) is 0 Å². The maximum atomic E-state index is 13.4. The number of carbonyl (C=O) groups excluding carboxylic acids is 2. The number of carboxylic acids is 1. The zero-order chi connectivity index (χ0) is 23.0. The third-order valence-electron chi connectivity index (χ3n) is 7.51. The molecule has 2 amide bonds. The molecule has 4 atom stereocenters. The largest absolute Gasteiger partial charge is 0.481 e. The Morgan fingerprint density at radius 3 is 2.31 bits per heavy atom. The van der Waals surface area contributed by atoms with E-state index in [4.69, 9.17) is 0 Å². The van der Waals surface area contributed by atoms with Crippen molar-refractivity contribution in [3.05, 3.63) is 23.0 Å². The molecule has 0 radical (unpaired) electrons. The normalized spacial score (nSPS) is 27.4. The number of hydrogen-bond acceptors (Lipinski definition) is 4. The fraction of sp³-hybridized carbons (Fsp3) is 0.667. The van der Waals surface area contributed by atoms with Crippen LogP contribution in [0.5, 0.6) is 0 Å². The molecule has 3 aliphatic carbocycles. The predicted molar refractivity (Wildman–Crippen MR) is 120 cm³/mol. The van der Waals surface area contributed by atoms with Crippen molar-refractivity contribution < 1.29 is 19.5 Å². The Bertz CT molecular complexity index is 940. The lowest BCUT2D eigenvalue weighted by atomic mass is 9.78. The number of allylic oxidation sites excluding steroid dienone is 2. The summed E-state index contributed by atoms with van der Waals surface area (Å²) in [6.45, 7) is 6.48. The summed E-state index contributed by atoms with van der Waals surface area (Å²) in [4.78, 5) is 38.4. The number of rotatable bonds is 6. The number of nitrogens with one attached hydrogen (secondary N) is 2. The number of fused-ring (bicyclic) bond motifs is 2. The Labute approximate surface area is 188 Å². The average molecular weight is 443 g/mol. The number of anilines is 1. The topological polar surface area (TPSA) is 113 Å². The van der Waals surface area contributed by atoms with Crippen LogP contribution in [-0.4, -0.2) is 38.7 Å². The number of aliphatic carboxylic acids is 1. The van der Waals surface area contributed by atoms with Crippen molar-refractivity contribution in [2.75, 3.05) is 5.32 Å². The van der Waals surface area contributed by atoms with Gasteiger partial charge in [-0.15, -0.1) is 0 Å². The Morgan fingerprint density at radius 2 is 1.72 bits per heavy atom. The van der Waals surface area contributed by atoms with Crippen molar-refractivity contribution >= 4 is 23.5 Å². The van der Waals surface area contributed by atoms with Crippen LogP contribution < -0.4 is 10.6 Å². The minimum Gasteiger partial charge on any atom is -0.481 e. The molecule has 8 nitrogen and oxygen atoms in total. The highest BCUT2D eigenvalue weighted by molar-refractivity contribution is 6.04. The molecule has 3 fully saturated rings. The molecule has 4 rings (SSSR count). The van der Waals surface area contributed by atoms with E-state index in [1.807, 2.05) is 20.8 Å². The average Bonchev–Trinajstić information content (AvgIpc) is 3.45. The van der Waals surface area contributed by atoms with E-state index in [2.05, 4.69) is 15.7 Å². The Balaban J connectivity index is 1.56. The Morgan fingerprint density at radius 1 is 1.06 bits per heavy atom. The van der Waals surface area contributed by atoms with Gasteiger partial charge in [0.2, 0.25) is 5.91 Å². The van der Waals surface area contributed by atoms with Gasteiger partial charge >= 0.3 is 5.97 Å². The number of amides is 2. The molecule has 174 valence electrons. The van der Waals surface area contributed by atoms with Gasteiger partial charge in [-0.05, 0) is 58.3 Å². The van der Waals surface area contributed by atoms with Crippen LogP contribution in [0.1, 0.15) is 76.2 Å². The van der Waals surface area contributed by atoms with Crippen LogP contribution >= 0.6 is 0 Å². The maximum absolute atomic E-state index is 13.4. The molecule has 1 heterocycles. The van der Waals surface area contributed by atoms with E-state index in [1.165, 1.54) is 6.42 Å². The summed E-state index contributed by atoms with van der Waals surface area (Å²) >= 11 is 0. The van der Waals surface area contributed by atoms with Gasteiger partial charge in [0.1, 0.15) is 0 Å². The quantitative estimate of drug-likeness (QED) is 0.583. The number of hydrogen-bond donors (Lipinski definition) is 3. The molecular weight excluding hydrogens is 408 g/mol. The third-order valence-corrected chi connectivity index (χ3v) is 7.51. The van der Waals surface area contributed by atoms with Gasteiger partial charge in [-0.1, -0.05) is 30.4 Å². The van der Waals surface area contributed by atoms with Gasteiger partial charge in [0.05, 0.1) is 17.5 Å². The van der Waals surface area contributed by atoms with Crippen LogP contribution in [0.4, 0.5) is 5.69 Å². The minimum atomic E-state index is -0.921. The highest BCUT2D eigenvalue weighted by atomic mass is 16.4. The second-order valence-electron chi connectivity index (χ2n) is 9.68. The molecular formula is C24H34N4O4. The van der Waals surface area contributed by atoms with Crippen LogP contribution in [0, 0.1) is 23.7 Å². The summed E-state index contributed by atoms with van der Waals surface area (Å²) in [7, 11) is 0. The summed E-state index contributed by atoms with van der Waals surface area (Å²) in [5.41, 5.74) is 2.81. The summed E-state index contributed by atoms with van der Waals surface area (Å²) < 4.78 is 1.63. The molecule has 0 spiro atoms. The highest BCUT2D eigenvalue weighted by Crippen LogP contribution is 2.57. The van der Waals surface area contributed by atoms with Crippen LogP contribution in [-0.2, 0) is 16.1 Å². The molecule has 1 aromatic rings. The van der Waals surface area contributed by atoms with Crippen molar-refractivity contribution in [2.24, 2.45) is 23.7 Å².